The van der Waals surface area contributed by atoms with E-state index in [1.165, 1.54) is 0 Å². The maximum absolute atomic E-state index is 12.4. The van der Waals surface area contributed by atoms with E-state index in [1.54, 1.807) is 18.2 Å². The van der Waals surface area contributed by atoms with Crippen LogP contribution in [0, 0.1) is 20.8 Å². The van der Waals surface area contributed by atoms with Crippen LogP contribution < -0.4 is 0 Å². The number of phenols is 1. The minimum absolute atomic E-state index is 0.0538. The summed E-state index contributed by atoms with van der Waals surface area (Å²) in [7, 11) is 0. The SMILES string of the molecule is Cc1ccc(C(=O)c2c(C)cc(C)cc2O)cc1. The van der Waals surface area contributed by atoms with E-state index in [2.05, 4.69) is 0 Å². The van der Waals surface area contributed by atoms with Crippen LogP contribution >= 0.6 is 0 Å². The van der Waals surface area contributed by atoms with Crippen LogP contribution in [0.1, 0.15) is 32.6 Å². The Morgan fingerprint density at radius 1 is 0.944 bits per heavy atom. The van der Waals surface area contributed by atoms with Gasteiger partial charge in [-0.25, -0.2) is 0 Å². The molecule has 18 heavy (non-hydrogen) atoms. The number of hydrogen-bond donors (Lipinski definition) is 1. The molecule has 0 aliphatic carbocycles. The first-order valence-corrected chi connectivity index (χ1v) is 5.90. The molecule has 0 aromatic heterocycles. The van der Waals surface area contributed by atoms with Gasteiger partial charge in [0.25, 0.3) is 0 Å². The Morgan fingerprint density at radius 2 is 1.56 bits per heavy atom. The number of aryl methyl sites for hydroxylation is 3. The van der Waals surface area contributed by atoms with Crippen LogP contribution in [0.5, 0.6) is 5.75 Å². The van der Waals surface area contributed by atoms with Gasteiger partial charge < -0.3 is 5.11 Å². The highest BCUT2D eigenvalue weighted by molar-refractivity contribution is 6.11. The lowest BCUT2D eigenvalue weighted by atomic mass is 9.96. The van der Waals surface area contributed by atoms with E-state index in [9.17, 15) is 9.90 Å². The molecule has 0 bridgehead atoms. The molecule has 0 aliphatic heterocycles. The van der Waals surface area contributed by atoms with Crippen molar-refractivity contribution in [3.63, 3.8) is 0 Å². The van der Waals surface area contributed by atoms with E-state index >= 15 is 0 Å². The highest BCUT2D eigenvalue weighted by Gasteiger charge is 2.16. The van der Waals surface area contributed by atoms with Gasteiger partial charge in [0.15, 0.2) is 5.78 Å². The molecule has 2 rings (SSSR count). The average Bonchev–Trinajstić information content (AvgIpc) is 2.28. The Balaban J connectivity index is 2.49. The number of ketones is 1. The van der Waals surface area contributed by atoms with Gasteiger partial charge in [-0.05, 0) is 38.0 Å². The summed E-state index contributed by atoms with van der Waals surface area (Å²) < 4.78 is 0. The summed E-state index contributed by atoms with van der Waals surface area (Å²) in [5.41, 5.74) is 3.85. The quantitative estimate of drug-likeness (QED) is 0.815. The van der Waals surface area contributed by atoms with Crippen molar-refractivity contribution in [3.8, 4) is 5.75 Å². The molecule has 2 nitrogen and oxygen atoms in total. The molecule has 0 spiro atoms. The van der Waals surface area contributed by atoms with Gasteiger partial charge in [-0.1, -0.05) is 35.9 Å². The summed E-state index contributed by atoms with van der Waals surface area (Å²) in [4.78, 5) is 12.4. The highest BCUT2D eigenvalue weighted by atomic mass is 16.3. The first-order chi connectivity index (χ1) is 8.49. The number of aromatic hydroxyl groups is 1. The molecule has 0 radical (unpaired) electrons. The summed E-state index contributed by atoms with van der Waals surface area (Å²) in [5, 5.41) is 9.94. The largest absolute Gasteiger partial charge is 0.507 e. The molecule has 0 aliphatic rings. The fourth-order valence-electron chi connectivity index (χ4n) is 2.09. The Labute approximate surface area is 107 Å². The molecule has 0 atom stereocenters. The molecule has 92 valence electrons. The van der Waals surface area contributed by atoms with Crippen molar-refractivity contribution in [2.45, 2.75) is 20.8 Å². The second-order valence-corrected chi connectivity index (χ2v) is 4.67. The van der Waals surface area contributed by atoms with Gasteiger partial charge in [0.05, 0.1) is 5.56 Å². The van der Waals surface area contributed by atoms with Crippen LogP contribution in [0.3, 0.4) is 0 Å². The van der Waals surface area contributed by atoms with E-state index in [4.69, 9.17) is 0 Å². The average molecular weight is 240 g/mol. The van der Waals surface area contributed by atoms with Gasteiger partial charge in [-0.15, -0.1) is 0 Å². The minimum Gasteiger partial charge on any atom is -0.507 e. The van der Waals surface area contributed by atoms with Gasteiger partial charge in [-0.3, -0.25) is 4.79 Å². The molecule has 2 aromatic carbocycles. The maximum atomic E-state index is 12.4. The lowest BCUT2D eigenvalue weighted by molar-refractivity contribution is 0.103. The standard InChI is InChI=1S/C16H16O2/c1-10-4-6-13(7-5-10)16(18)15-12(3)8-11(2)9-14(15)17/h4-9,17H,1-3H3. The van der Waals surface area contributed by atoms with Crippen LogP contribution in [-0.4, -0.2) is 10.9 Å². The van der Waals surface area contributed by atoms with Crippen LogP contribution in [0.15, 0.2) is 36.4 Å². The van der Waals surface area contributed by atoms with Crippen LogP contribution in [0.25, 0.3) is 0 Å². The van der Waals surface area contributed by atoms with Crippen LogP contribution in [-0.2, 0) is 0 Å². The second-order valence-electron chi connectivity index (χ2n) is 4.67. The molecule has 0 saturated carbocycles. The van der Waals surface area contributed by atoms with E-state index in [0.717, 1.165) is 16.7 Å². The number of hydrogen-bond acceptors (Lipinski definition) is 2. The van der Waals surface area contributed by atoms with Gasteiger partial charge in [0, 0.05) is 5.56 Å². The van der Waals surface area contributed by atoms with E-state index in [0.29, 0.717) is 11.1 Å². The van der Waals surface area contributed by atoms with E-state index in [1.807, 2.05) is 39.0 Å². The number of carbonyl (C=O) groups excluding carboxylic acids is 1. The smallest absolute Gasteiger partial charge is 0.197 e. The van der Waals surface area contributed by atoms with Gasteiger partial charge in [0.2, 0.25) is 0 Å². The zero-order chi connectivity index (χ0) is 13.3. The molecule has 0 saturated heterocycles. The second kappa shape index (κ2) is 4.65. The Kier molecular flexibility index (Phi) is 3.19. The fourth-order valence-corrected chi connectivity index (χ4v) is 2.09. The molecule has 2 aromatic rings. The summed E-state index contributed by atoms with van der Waals surface area (Å²) in [6.45, 7) is 5.71. The van der Waals surface area contributed by atoms with Gasteiger partial charge >= 0.3 is 0 Å². The van der Waals surface area contributed by atoms with E-state index in [-0.39, 0.29) is 11.5 Å². The maximum Gasteiger partial charge on any atom is 0.197 e. The molecule has 2 heteroatoms. The molecule has 1 N–H and O–H groups in total. The monoisotopic (exact) mass is 240 g/mol. The topological polar surface area (TPSA) is 37.3 Å². The van der Waals surface area contributed by atoms with Gasteiger partial charge in [0.1, 0.15) is 5.75 Å². The predicted octanol–water partition coefficient (Wildman–Crippen LogP) is 3.55. The molecular weight excluding hydrogens is 224 g/mol. The van der Waals surface area contributed by atoms with Crippen molar-refractivity contribution in [1.29, 1.82) is 0 Å². The van der Waals surface area contributed by atoms with Crippen molar-refractivity contribution < 1.29 is 9.90 Å². The van der Waals surface area contributed by atoms with Crippen LogP contribution in [0.4, 0.5) is 0 Å². The molecule has 0 amide bonds. The Bertz CT molecular complexity index is 572. The third-order valence-corrected chi connectivity index (χ3v) is 3.00. The van der Waals surface area contributed by atoms with Gasteiger partial charge in [-0.2, -0.15) is 0 Å². The van der Waals surface area contributed by atoms with Crippen LogP contribution in [0.2, 0.25) is 0 Å². The zero-order valence-electron chi connectivity index (χ0n) is 10.8. The third kappa shape index (κ3) is 2.28. The van der Waals surface area contributed by atoms with E-state index < -0.39 is 0 Å². The fraction of sp³-hybridized carbons (Fsp3) is 0.188. The molecule has 0 heterocycles. The Hall–Kier alpha value is -2.09. The number of rotatable bonds is 2. The van der Waals surface area contributed by atoms with Crippen molar-refractivity contribution in [3.05, 3.63) is 64.2 Å². The minimum atomic E-state index is -0.134. The van der Waals surface area contributed by atoms with Crippen molar-refractivity contribution in [1.82, 2.24) is 0 Å². The first kappa shape index (κ1) is 12.4. The highest BCUT2D eigenvalue weighted by Crippen LogP contribution is 2.25. The lowest BCUT2D eigenvalue weighted by Gasteiger charge is -2.09. The molecule has 0 fully saturated rings. The summed E-state index contributed by atoms with van der Waals surface area (Å²) in [5.74, 6) is -0.0805. The van der Waals surface area contributed by atoms with Crippen molar-refractivity contribution in [2.24, 2.45) is 0 Å². The summed E-state index contributed by atoms with van der Waals surface area (Å²) in [6.07, 6.45) is 0. The van der Waals surface area contributed by atoms with Crippen molar-refractivity contribution >= 4 is 5.78 Å². The Morgan fingerprint density at radius 3 is 2.11 bits per heavy atom. The first-order valence-electron chi connectivity index (χ1n) is 5.90. The summed E-state index contributed by atoms with van der Waals surface area (Å²) >= 11 is 0. The normalized spacial score (nSPS) is 10.4. The number of phenolic OH excluding ortho intramolecular Hbond substituents is 1. The number of benzene rings is 2. The number of carbonyl (C=O) groups is 1. The molecular formula is C16H16O2. The zero-order valence-corrected chi connectivity index (χ0v) is 10.8. The summed E-state index contributed by atoms with van der Waals surface area (Å²) in [6, 6.07) is 10.9. The predicted molar refractivity (Wildman–Crippen MR) is 72.2 cm³/mol. The lowest BCUT2D eigenvalue weighted by Crippen LogP contribution is -2.04. The molecule has 0 unspecified atom stereocenters. The third-order valence-electron chi connectivity index (χ3n) is 3.00. The van der Waals surface area contributed by atoms with Crippen molar-refractivity contribution in [2.75, 3.05) is 0 Å².